The van der Waals surface area contributed by atoms with Gasteiger partial charge in [0.25, 0.3) is 5.91 Å². The number of aromatic nitrogens is 1. The Balaban J connectivity index is 2.67. The Bertz CT molecular complexity index is 598. The highest BCUT2D eigenvalue weighted by Gasteiger charge is 2.16. The number of nitrogens with one attached hydrogen (secondary N) is 1. The number of carbonyl (C=O) groups is 1. The summed E-state index contributed by atoms with van der Waals surface area (Å²) in [5.74, 6) is 0.588. The van der Waals surface area contributed by atoms with Crippen molar-refractivity contribution >= 4 is 5.91 Å². The highest BCUT2D eigenvalue weighted by molar-refractivity contribution is 5.92. The molecule has 2 atom stereocenters. The molecular formula is C31H56N2O. The van der Waals surface area contributed by atoms with Gasteiger partial charge in [0.1, 0.15) is 5.69 Å². The molecule has 1 aromatic rings. The molecule has 0 aromatic carbocycles. The van der Waals surface area contributed by atoms with E-state index in [1.165, 1.54) is 115 Å². The van der Waals surface area contributed by atoms with Gasteiger partial charge in [-0.15, -0.1) is 0 Å². The minimum atomic E-state index is 0.00801. The average Bonchev–Trinajstić information content (AvgIpc) is 2.86. The van der Waals surface area contributed by atoms with Gasteiger partial charge in [0.05, 0.1) is 0 Å². The number of pyridine rings is 1. The molecule has 3 heteroatoms. The van der Waals surface area contributed by atoms with Crippen molar-refractivity contribution in [3.8, 4) is 0 Å². The van der Waals surface area contributed by atoms with Gasteiger partial charge in [-0.25, -0.2) is 0 Å². The van der Waals surface area contributed by atoms with E-state index in [-0.39, 0.29) is 11.9 Å². The SMILES string of the molecule is CCCCCCC[C@@H](CCCCCC)NC(=O)c1ccc(C(CCCC)CCCCCC)cn1. The van der Waals surface area contributed by atoms with Crippen molar-refractivity contribution in [3.63, 3.8) is 0 Å². The number of rotatable bonds is 22. The Morgan fingerprint density at radius 2 is 1.18 bits per heavy atom. The van der Waals surface area contributed by atoms with Crippen molar-refractivity contribution in [2.45, 2.75) is 162 Å². The maximum Gasteiger partial charge on any atom is 0.270 e. The minimum absolute atomic E-state index is 0.00801. The molecule has 0 radical (unpaired) electrons. The van der Waals surface area contributed by atoms with Gasteiger partial charge in [0, 0.05) is 12.2 Å². The Kier molecular flexibility index (Phi) is 18.9. The number of unbranched alkanes of at least 4 members (excludes halogenated alkanes) is 11. The van der Waals surface area contributed by atoms with Crippen molar-refractivity contribution in [1.29, 1.82) is 0 Å². The van der Waals surface area contributed by atoms with E-state index in [0.29, 0.717) is 11.6 Å². The first kappa shape index (κ1) is 30.7. The van der Waals surface area contributed by atoms with Crippen molar-refractivity contribution in [1.82, 2.24) is 10.3 Å². The van der Waals surface area contributed by atoms with Crippen LogP contribution in [0.2, 0.25) is 0 Å². The average molecular weight is 473 g/mol. The molecular weight excluding hydrogens is 416 g/mol. The molecule has 1 heterocycles. The van der Waals surface area contributed by atoms with Crippen LogP contribution >= 0.6 is 0 Å². The molecule has 0 spiro atoms. The van der Waals surface area contributed by atoms with E-state index in [0.717, 1.165) is 12.8 Å². The smallest absolute Gasteiger partial charge is 0.270 e. The van der Waals surface area contributed by atoms with Crippen LogP contribution in [0.3, 0.4) is 0 Å². The van der Waals surface area contributed by atoms with Gasteiger partial charge < -0.3 is 5.32 Å². The summed E-state index contributed by atoms with van der Waals surface area (Å²) in [5.41, 5.74) is 1.89. The van der Waals surface area contributed by atoms with E-state index >= 15 is 0 Å². The predicted octanol–water partition coefficient (Wildman–Crippen LogP) is 9.76. The van der Waals surface area contributed by atoms with Crippen LogP contribution < -0.4 is 5.32 Å². The van der Waals surface area contributed by atoms with E-state index < -0.39 is 0 Å². The van der Waals surface area contributed by atoms with Crippen molar-refractivity contribution < 1.29 is 4.79 Å². The predicted molar refractivity (Wildman–Crippen MR) is 149 cm³/mol. The topological polar surface area (TPSA) is 42.0 Å². The van der Waals surface area contributed by atoms with Crippen molar-refractivity contribution in [2.24, 2.45) is 0 Å². The fraction of sp³-hybridized carbons (Fsp3) is 0.806. The lowest BCUT2D eigenvalue weighted by atomic mass is 9.89. The molecule has 3 nitrogen and oxygen atoms in total. The summed E-state index contributed by atoms with van der Waals surface area (Å²) < 4.78 is 0. The molecule has 0 saturated heterocycles. The van der Waals surface area contributed by atoms with Crippen molar-refractivity contribution in [2.75, 3.05) is 0 Å². The molecule has 1 rings (SSSR count). The van der Waals surface area contributed by atoms with E-state index in [2.05, 4.69) is 44.1 Å². The zero-order valence-corrected chi connectivity index (χ0v) is 23.2. The van der Waals surface area contributed by atoms with Crippen LogP contribution in [-0.2, 0) is 0 Å². The van der Waals surface area contributed by atoms with Crippen molar-refractivity contribution in [3.05, 3.63) is 29.6 Å². The normalized spacial score (nSPS) is 13.1. The first-order valence-corrected chi connectivity index (χ1v) is 14.9. The summed E-state index contributed by atoms with van der Waals surface area (Å²) in [6.45, 7) is 9.04. The summed E-state index contributed by atoms with van der Waals surface area (Å²) >= 11 is 0. The molecule has 1 N–H and O–H groups in total. The lowest BCUT2D eigenvalue weighted by molar-refractivity contribution is 0.0926. The van der Waals surface area contributed by atoms with Gasteiger partial charge in [0.15, 0.2) is 0 Å². The molecule has 0 fully saturated rings. The maximum absolute atomic E-state index is 13.0. The molecule has 1 unspecified atom stereocenters. The summed E-state index contributed by atoms with van der Waals surface area (Å²) in [7, 11) is 0. The molecule has 0 saturated carbocycles. The number of nitrogens with zero attached hydrogens (tertiary/aromatic N) is 1. The zero-order valence-electron chi connectivity index (χ0n) is 23.2. The third-order valence-electron chi connectivity index (χ3n) is 7.20. The first-order chi connectivity index (χ1) is 16.7. The second kappa shape index (κ2) is 20.9. The Morgan fingerprint density at radius 3 is 1.71 bits per heavy atom. The number of hydrogen-bond acceptors (Lipinski definition) is 2. The van der Waals surface area contributed by atoms with Gasteiger partial charge in [-0.05, 0) is 43.2 Å². The van der Waals surface area contributed by atoms with E-state index in [1.54, 1.807) is 0 Å². The molecule has 0 aliphatic rings. The molecule has 1 amide bonds. The molecule has 0 bridgehead atoms. The van der Waals surface area contributed by atoms with Crippen LogP contribution in [0.5, 0.6) is 0 Å². The molecule has 1 aromatic heterocycles. The summed E-state index contributed by atoms with van der Waals surface area (Å²) in [6, 6.07) is 4.41. The van der Waals surface area contributed by atoms with E-state index in [1.807, 2.05) is 12.3 Å². The molecule has 0 aliphatic carbocycles. The summed E-state index contributed by atoms with van der Waals surface area (Å²) in [5, 5.41) is 3.33. The first-order valence-electron chi connectivity index (χ1n) is 14.9. The van der Waals surface area contributed by atoms with Gasteiger partial charge in [-0.2, -0.15) is 0 Å². The fourth-order valence-electron chi connectivity index (χ4n) is 4.89. The highest BCUT2D eigenvalue weighted by Crippen LogP contribution is 2.28. The highest BCUT2D eigenvalue weighted by atomic mass is 16.1. The Labute approximate surface area is 212 Å². The van der Waals surface area contributed by atoms with Gasteiger partial charge >= 0.3 is 0 Å². The Morgan fingerprint density at radius 1 is 0.676 bits per heavy atom. The number of carbonyl (C=O) groups excluding carboxylic acids is 1. The van der Waals surface area contributed by atoms with Crippen LogP contribution in [0.4, 0.5) is 0 Å². The minimum Gasteiger partial charge on any atom is -0.348 e. The van der Waals surface area contributed by atoms with Crippen LogP contribution in [0.1, 0.15) is 172 Å². The maximum atomic E-state index is 13.0. The Hall–Kier alpha value is -1.38. The fourth-order valence-corrected chi connectivity index (χ4v) is 4.89. The van der Waals surface area contributed by atoms with Gasteiger partial charge in [0.2, 0.25) is 0 Å². The monoisotopic (exact) mass is 472 g/mol. The van der Waals surface area contributed by atoms with Gasteiger partial charge in [-0.3, -0.25) is 9.78 Å². The second-order valence-corrected chi connectivity index (χ2v) is 10.4. The number of hydrogen-bond donors (Lipinski definition) is 1. The standard InChI is InChI=1S/C31H56N2O/c1-5-9-13-16-19-23-29(22-18-15-11-7-3)33-31(34)30-25-24-28(26-32-30)27(20-12-8-4)21-17-14-10-6-2/h24-27,29H,5-23H2,1-4H3,(H,33,34)/t27?,29-/m1/s1. The number of amides is 1. The van der Waals surface area contributed by atoms with Crippen LogP contribution in [0.25, 0.3) is 0 Å². The molecule has 0 aliphatic heterocycles. The lowest BCUT2D eigenvalue weighted by Gasteiger charge is -2.20. The van der Waals surface area contributed by atoms with E-state index in [9.17, 15) is 4.79 Å². The third-order valence-corrected chi connectivity index (χ3v) is 7.20. The molecule has 196 valence electrons. The van der Waals surface area contributed by atoms with Gasteiger partial charge in [-0.1, -0.05) is 130 Å². The van der Waals surface area contributed by atoms with Crippen LogP contribution in [0, 0.1) is 0 Å². The lowest BCUT2D eigenvalue weighted by Crippen LogP contribution is -2.35. The largest absolute Gasteiger partial charge is 0.348 e. The quantitative estimate of drug-likeness (QED) is 0.171. The molecule has 34 heavy (non-hydrogen) atoms. The zero-order chi connectivity index (χ0) is 24.9. The summed E-state index contributed by atoms with van der Waals surface area (Å²) in [4.78, 5) is 17.6. The summed E-state index contributed by atoms with van der Waals surface area (Å²) in [6.07, 6.45) is 25.8. The van der Waals surface area contributed by atoms with Crippen LogP contribution in [0.15, 0.2) is 18.3 Å². The van der Waals surface area contributed by atoms with Crippen LogP contribution in [-0.4, -0.2) is 16.9 Å². The third kappa shape index (κ3) is 14.1. The second-order valence-electron chi connectivity index (χ2n) is 10.4. The van der Waals surface area contributed by atoms with E-state index in [4.69, 9.17) is 0 Å².